The summed E-state index contributed by atoms with van der Waals surface area (Å²) in [6.07, 6.45) is 6.63. The summed E-state index contributed by atoms with van der Waals surface area (Å²) in [6, 6.07) is 0. The second-order valence-electron chi connectivity index (χ2n) is 5.59. The summed E-state index contributed by atoms with van der Waals surface area (Å²) in [6.45, 7) is 3.28. The molecule has 0 aromatic rings. The number of carbonyl (C=O) groups is 2. The molecule has 1 heterocycles. The molecule has 0 radical (unpaired) electrons. The lowest BCUT2D eigenvalue weighted by molar-refractivity contribution is -0.469. The highest BCUT2D eigenvalue weighted by Crippen LogP contribution is 2.34. The Labute approximate surface area is 131 Å². The first-order valence-electron chi connectivity index (χ1n) is 7.58. The largest absolute Gasteiger partial charge is 0.469 e. The van der Waals surface area contributed by atoms with E-state index in [4.69, 9.17) is 19.2 Å². The zero-order chi connectivity index (χ0) is 16.6. The first-order chi connectivity index (χ1) is 10.4. The first-order valence-corrected chi connectivity index (χ1v) is 7.58. The number of esters is 1. The van der Waals surface area contributed by atoms with Crippen LogP contribution < -0.4 is 0 Å². The summed E-state index contributed by atoms with van der Waals surface area (Å²) in [5.41, 5.74) is 0. The van der Waals surface area contributed by atoms with E-state index >= 15 is 0 Å². The first kappa shape index (κ1) is 18.8. The lowest BCUT2D eigenvalue weighted by Gasteiger charge is -2.38. The zero-order valence-electron chi connectivity index (χ0n) is 13.8. The van der Waals surface area contributed by atoms with Crippen molar-refractivity contribution in [2.45, 2.75) is 57.8 Å². The molecule has 0 aromatic carbocycles. The molecule has 0 amide bonds. The van der Waals surface area contributed by atoms with E-state index in [2.05, 4.69) is 0 Å². The average Bonchev–Trinajstić information content (AvgIpc) is 2.53. The van der Waals surface area contributed by atoms with Crippen molar-refractivity contribution in [3.05, 3.63) is 12.2 Å². The highest BCUT2D eigenvalue weighted by molar-refractivity contribution is 5.87. The second-order valence-corrected chi connectivity index (χ2v) is 5.59. The molecule has 22 heavy (non-hydrogen) atoms. The zero-order valence-corrected chi connectivity index (χ0v) is 13.8. The van der Waals surface area contributed by atoms with E-state index in [9.17, 15) is 9.59 Å². The molecule has 3 atom stereocenters. The standard InChI is InChI=1S/C16H26O6/c1-12(17)8-6-5-7-10-16(20-4)11-9-14(21-22-16)13(2)15(18)19-3/h6,8,13-14H,5,7,9-11H2,1-4H3/t13-,14-,16-/m1/s1. The molecule has 0 spiro atoms. The maximum Gasteiger partial charge on any atom is 0.311 e. The van der Waals surface area contributed by atoms with Crippen LogP contribution in [0.2, 0.25) is 0 Å². The molecule has 0 aromatic heterocycles. The summed E-state index contributed by atoms with van der Waals surface area (Å²) in [4.78, 5) is 33.1. The number of hydrogen-bond acceptors (Lipinski definition) is 6. The monoisotopic (exact) mass is 314 g/mol. The fourth-order valence-electron chi connectivity index (χ4n) is 2.42. The number of ketones is 1. The van der Waals surface area contributed by atoms with Gasteiger partial charge >= 0.3 is 5.97 Å². The van der Waals surface area contributed by atoms with Crippen molar-refractivity contribution in [1.29, 1.82) is 0 Å². The van der Waals surface area contributed by atoms with Crippen molar-refractivity contribution in [1.82, 2.24) is 0 Å². The van der Waals surface area contributed by atoms with E-state index in [1.807, 2.05) is 6.08 Å². The lowest BCUT2D eigenvalue weighted by atomic mass is 9.94. The van der Waals surface area contributed by atoms with Gasteiger partial charge in [-0.1, -0.05) is 6.08 Å². The molecule has 6 heteroatoms. The highest BCUT2D eigenvalue weighted by Gasteiger charge is 2.41. The molecule has 6 nitrogen and oxygen atoms in total. The van der Waals surface area contributed by atoms with Crippen LogP contribution >= 0.6 is 0 Å². The average molecular weight is 314 g/mol. The number of ether oxygens (including phenoxy) is 2. The van der Waals surface area contributed by atoms with E-state index in [-0.39, 0.29) is 23.8 Å². The summed E-state index contributed by atoms with van der Waals surface area (Å²) in [5.74, 6) is -1.43. The fraction of sp³-hybridized carbons (Fsp3) is 0.750. The van der Waals surface area contributed by atoms with Gasteiger partial charge in [-0.3, -0.25) is 9.59 Å². The molecular weight excluding hydrogens is 288 g/mol. The van der Waals surface area contributed by atoms with Gasteiger partial charge in [0.15, 0.2) is 5.78 Å². The van der Waals surface area contributed by atoms with Crippen LogP contribution in [0.5, 0.6) is 0 Å². The third-order valence-corrected chi connectivity index (χ3v) is 3.92. The molecule has 1 rings (SSSR count). The van der Waals surface area contributed by atoms with Gasteiger partial charge in [0, 0.05) is 20.0 Å². The van der Waals surface area contributed by atoms with Gasteiger partial charge in [0.05, 0.1) is 13.0 Å². The minimum absolute atomic E-state index is 0.0401. The van der Waals surface area contributed by atoms with Gasteiger partial charge in [0.1, 0.15) is 6.10 Å². The van der Waals surface area contributed by atoms with Crippen LogP contribution in [0.25, 0.3) is 0 Å². The van der Waals surface area contributed by atoms with E-state index < -0.39 is 5.79 Å². The van der Waals surface area contributed by atoms with Crippen LogP contribution in [0.15, 0.2) is 12.2 Å². The number of rotatable bonds is 8. The number of carbonyl (C=O) groups excluding carboxylic acids is 2. The third-order valence-electron chi connectivity index (χ3n) is 3.92. The molecule has 1 saturated heterocycles. The predicted molar refractivity (Wildman–Crippen MR) is 79.8 cm³/mol. The maximum atomic E-state index is 11.5. The summed E-state index contributed by atoms with van der Waals surface area (Å²) in [7, 11) is 2.94. The van der Waals surface area contributed by atoms with Crippen molar-refractivity contribution in [2.75, 3.05) is 14.2 Å². The Morgan fingerprint density at radius 2 is 2.14 bits per heavy atom. The smallest absolute Gasteiger partial charge is 0.311 e. The Morgan fingerprint density at radius 1 is 1.41 bits per heavy atom. The maximum absolute atomic E-state index is 11.5. The van der Waals surface area contributed by atoms with Gasteiger partial charge in [0.25, 0.3) is 0 Å². The van der Waals surface area contributed by atoms with Crippen molar-refractivity contribution in [3.63, 3.8) is 0 Å². The molecular formula is C16H26O6. The summed E-state index contributed by atoms with van der Waals surface area (Å²) >= 11 is 0. The van der Waals surface area contributed by atoms with Gasteiger partial charge in [-0.2, -0.15) is 0 Å². The Balaban J connectivity index is 2.43. The highest BCUT2D eigenvalue weighted by atomic mass is 17.2. The Morgan fingerprint density at radius 3 is 2.64 bits per heavy atom. The van der Waals surface area contributed by atoms with E-state index in [1.165, 1.54) is 14.0 Å². The van der Waals surface area contributed by atoms with E-state index in [0.717, 1.165) is 12.8 Å². The number of unbranched alkanes of at least 4 members (excludes halogenated alkanes) is 1. The van der Waals surface area contributed by atoms with E-state index in [0.29, 0.717) is 19.3 Å². The van der Waals surface area contributed by atoms with Crippen LogP contribution in [-0.4, -0.2) is 37.9 Å². The third kappa shape index (κ3) is 5.51. The van der Waals surface area contributed by atoms with Crippen LogP contribution in [0.4, 0.5) is 0 Å². The summed E-state index contributed by atoms with van der Waals surface area (Å²) < 4.78 is 10.2. The molecule has 0 bridgehead atoms. The van der Waals surface area contributed by atoms with Gasteiger partial charge in [-0.25, -0.2) is 9.78 Å². The van der Waals surface area contributed by atoms with Crippen LogP contribution in [0.1, 0.15) is 46.0 Å². The minimum atomic E-state index is -0.781. The quantitative estimate of drug-likeness (QED) is 0.297. The molecule has 1 aliphatic rings. The van der Waals surface area contributed by atoms with Crippen molar-refractivity contribution in [3.8, 4) is 0 Å². The predicted octanol–water partition coefficient (Wildman–Crippen LogP) is 2.56. The lowest BCUT2D eigenvalue weighted by Crippen LogP contribution is -2.44. The molecule has 0 unspecified atom stereocenters. The molecule has 1 fully saturated rings. The van der Waals surface area contributed by atoms with Gasteiger partial charge < -0.3 is 9.47 Å². The van der Waals surface area contributed by atoms with Gasteiger partial charge in [0.2, 0.25) is 5.79 Å². The Kier molecular flexibility index (Phi) is 7.72. The van der Waals surface area contributed by atoms with Gasteiger partial charge in [-0.15, -0.1) is 0 Å². The number of hydrogen-bond donors (Lipinski definition) is 0. The molecule has 0 saturated carbocycles. The topological polar surface area (TPSA) is 71.1 Å². The number of allylic oxidation sites excluding steroid dienone is 2. The van der Waals surface area contributed by atoms with Crippen molar-refractivity contribution >= 4 is 11.8 Å². The second kappa shape index (κ2) is 9.02. The molecule has 1 aliphatic heterocycles. The van der Waals surface area contributed by atoms with Crippen molar-refractivity contribution < 1.29 is 28.8 Å². The molecule has 0 N–H and O–H groups in total. The number of methoxy groups -OCH3 is 2. The van der Waals surface area contributed by atoms with Crippen molar-refractivity contribution in [2.24, 2.45) is 5.92 Å². The minimum Gasteiger partial charge on any atom is -0.469 e. The molecule has 126 valence electrons. The van der Waals surface area contributed by atoms with Crippen LogP contribution in [0.3, 0.4) is 0 Å². The Hall–Kier alpha value is -1.24. The van der Waals surface area contributed by atoms with Crippen LogP contribution in [0, 0.1) is 5.92 Å². The summed E-state index contributed by atoms with van der Waals surface area (Å²) in [5, 5.41) is 0. The molecule has 0 aliphatic carbocycles. The van der Waals surface area contributed by atoms with E-state index in [1.54, 1.807) is 20.1 Å². The van der Waals surface area contributed by atoms with Gasteiger partial charge in [-0.05, 0) is 39.2 Å². The fourth-order valence-corrected chi connectivity index (χ4v) is 2.42. The SMILES string of the molecule is COC(=O)[C@H](C)[C@H]1CC[C@](CCCC=CC(C)=O)(OC)OO1. The normalized spacial score (nSPS) is 26.8. The van der Waals surface area contributed by atoms with Crippen LogP contribution in [-0.2, 0) is 28.8 Å². The Bertz CT molecular complexity index is 395.